The van der Waals surface area contributed by atoms with Crippen LogP contribution in [0.2, 0.25) is 0 Å². The number of halogens is 1. The van der Waals surface area contributed by atoms with Crippen molar-refractivity contribution in [2.24, 2.45) is 5.73 Å². The van der Waals surface area contributed by atoms with Gasteiger partial charge in [0.25, 0.3) is 5.91 Å². The molecule has 3 aromatic rings. The summed E-state index contributed by atoms with van der Waals surface area (Å²) >= 11 is 0. The van der Waals surface area contributed by atoms with Crippen molar-refractivity contribution in [3.05, 3.63) is 83.7 Å². The van der Waals surface area contributed by atoms with E-state index in [1.807, 2.05) is 18.2 Å². The number of rotatable bonds is 10. The summed E-state index contributed by atoms with van der Waals surface area (Å²) in [5.74, 6) is -1.46. The number of carboxylic acid groups (broad SMARTS) is 1. The third kappa shape index (κ3) is 5.94. The molecule has 8 nitrogen and oxygen atoms in total. The first-order valence-corrected chi connectivity index (χ1v) is 12.1. The highest BCUT2D eigenvalue weighted by Gasteiger charge is 2.39. The van der Waals surface area contributed by atoms with Crippen LogP contribution in [0.15, 0.2) is 66.7 Å². The van der Waals surface area contributed by atoms with Gasteiger partial charge in [-0.1, -0.05) is 30.3 Å². The number of carbonyl (C=O) groups excluding carboxylic acids is 2. The summed E-state index contributed by atoms with van der Waals surface area (Å²) in [4.78, 5) is 39.1. The molecule has 0 radical (unpaired) electrons. The van der Waals surface area contributed by atoms with Crippen molar-refractivity contribution in [1.82, 2.24) is 4.90 Å². The summed E-state index contributed by atoms with van der Waals surface area (Å²) in [5.41, 5.74) is 7.50. The normalized spacial score (nSPS) is 13.1. The molecule has 1 atom stereocenters. The maximum atomic E-state index is 13.9. The summed E-state index contributed by atoms with van der Waals surface area (Å²) < 4.78 is 24.3. The molecule has 1 aliphatic rings. The highest BCUT2D eigenvalue weighted by Crippen LogP contribution is 2.36. The predicted molar refractivity (Wildman–Crippen MR) is 138 cm³/mol. The molecule has 0 unspecified atom stereocenters. The Hall–Kier alpha value is -4.40. The summed E-state index contributed by atoms with van der Waals surface area (Å²) in [6.07, 6.45) is -0.198. The van der Waals surface area contributed by atoms with E-state index in [1.54, 1.807) is 50.2 Å². The minimum atomic E-state index is -1.16. The average Bonchev–Trinajstić information content (AvgIpc) is 3.35. The van der Waals surface area contributed by atoms with Gasteiger partial charge in [-0.2, -0.15) is 0 Å². The molecule has 0 fully saturated rings. The van der Waals surface area contributed by atoms with E-state index in [0.29, 0.717) is 17.1 Å². The Morgan fingerprint density at radius 2 is 1.61 bits per heavy atom. The van der Waals surface area contributed by atoms with Crippen molar-refractivity contribution in [2.75, 3.05) is 6.79 Å². The van der Waals surface area contributed by atoms with E-state index in [1.165, 1.54) is 17.0 Å². The molecule has 0 aromatic heterocycles. The van der Waals surface area contributed by atoms with Crippen LogP contribution in [0.1, 0.15) is 42.6 Å². The van der Waals surface area contributed by atoms with Crippen LogP contribution in [0.25, 0.3) is 11.1 Å². The number of nitrogens with two attached hydrogens (primary N) is 1. The van der Waals surface area contributed by atoms with Crippen LogP contribution in [-0.2, 0) is 16.0 Å². The summed E-state index contributed by atoms with van der Waals surface area (Å²) in [6, 6.07) is 17.1. The average molecular weight is 521 g/mol. The molecular formula is C29H29FN2O6. The Kier molecular flexibility index (Phi) is 7.66. The fourth-order valence-electron chi connectivity index (χ4n) is 4.70. The summed E-state index contributed by atoms with van der Waals surface area (Å²) in [7, 11) is 0. The van der Waals surface area contributed by atoms with Gasteiger partial charge >= 0.3 is 5.97 Å². The van der Waals surface area contributed by atoms with Crippen molar-refractivity contribution in [3.8, 4) is 22.6 Å². The number of benzene rings is 3. The molecule has 3 N–H and O–H groups in total. The van der Waals surface area contributed by atoms with Crippen molar-refractivity contribution in [1.29, 1.82) is 0 Å². The molecule has 1 heterocycles. The van der Waals surface area contributed by atoms with Gasteiger partial charge in [0.05, 0.1) is 0 Å². The Morgan fingerprint density at radius 3 is 2.24 bits per heavy atom. The zero-order chi connectivity index (χ0) is 27.4. The third-order valence-corrected chi connectivity index (χ3v) is 6.53. The number of hydrogen-bond acceptors (Lipinski definition) is 5. The van der Waals surface area contributed by atoms with Crippen LogP contribution in [-0.4, -0.2) is 46.2 Å². The maximum absolute atomic E-state index is 13.9. The third-order valence-electron chi connectivity index (χ3n) is 6.53. The Bertz CT molecular complexity index is 1340. The lowest BCUT2D eigenvalue weighted by Gasteiger charge is -2.43. The van der Waals surface area contributed by atoms with Gasteiger partial charge in [0, 0.05) is 17.5 Å². The van der Waals surface area contributed by atoms with Gasteiger partial charge < -0.3 is 25.2 Å². The maximum Gasteiger partial charge on any atom is 0.303 e. The molecule has 9 heteroatoms. The second kappa shape index (κ2) is 10.9. The van der Waals surface area contributed by atoms with E-state index in [-0.39, 0.29) is 26.1 Å². The van der Waals surface area contributed by atoms with Crippen LogP contribution in [0.3, 0.4) is 0 Å². The van der Waals surface area contributed by atoms with Gasteiger partial charge in [0.15, 0.2) is 11.5 Å². The first-order valence-electron chi connectivity index (χ1n) is 12.1. The summed E-state index contributed by atoms with van der Waals surface area (Å²) in [6.45, 7) is 3.70. The van der Waals surface area contributed by atoms with E-state index < -0.39 is 35.2 Å². The fourth-order valence-corrected chi connectivity index (χ4v) is 4.70. The number of nitrogens with zero attached hydrogens (tertiary/aromatic N) is 1. The van der Waals surface area contributed by atoms with Crippen LogP contribution in [0, 0.1) is 5.82 Å². The number of hydrogen-bond donors (Lipinski definition) is 2. The van der Waals surface area contributed by atoms with Crippen molar-refractivity contribution in [2.45, 2.75) is 44.7 Å². The zero-order valence-electron chi connectivity index (χ0n) is 21.1. The summed E-state index contributed by atoms with van der Waals surface area (Å²) in [5, 5.41) is 9.23. The van der Waals surface area contributed by atoms with Crippen LogP contribution < -0.4 is 15.2 Å². The molecule has 1 aliphatic heterocycles. The minimum absolute atomic E-state index is 0.140. The molecule has 0 aliphatic carbocycles. The van der Waals surface area contributed by atoms with E-state index in [0.717, 1.165) is 16.7 Å². The molecule has 0 saturated carbocycles. The van der Waals surface area contributed by atoms with E-state index in [4.69, 9.17) is 15.2 Å². The number of ether oxygens (including phenoxy) is 2. The highest BCUT2D eigenvalue weighted by molar-refractivity contribution is 5.98. The van der Waals surface area contributed by atoms with Gasteiger partial charge in [0.1, 0.15) is 11.9 Å². The lowest BCUT2D eigenvalue weighted by molar-refractivity contribution is -0.137. The lowest BCUT2D eigenvalue weighted by atomic mass is 9.89. The molecule has 0 spiro atoms. The SMILES string of the molecule is CC(C)(Cc1ccc(F)cc1)N(C(=O)c1ccc(-c2ccc3c(c2)OCO3)cc1)[C@@H](CCC(=O)O)C(N)=O. The van der Waals surface area contributed by atoms with E-state index in [9.17, 15) is 23.9 Å². The monoisotopic (exact) mass is 520 g/mol. The van der Waals surface area contributed by atoms with Crippen molar-refractivity contribution in [3.63, 3.8) is 0 Å². The second-order valence-electron chi connectivity index (χ2n) is 9.79. The molecular weight excluding hydrogens is 491 g/mol. The predicted octanol–water partition coefficient (Wildman–Crippen LogP) is 4.40. The van der Waals surface area contributed by atoms with Crippen LogP contribution in [0.5, 0.6) is 11.5 Å². The van der Waals surface area contributed by atoms with E-state index in [2.05, 4.69) is 0 Å². The first-order chi connectivity index (χ1) is 18.0. The number of carbonyl (C=O) groups is 3. The minimum Gasteiger partial charge on any atom is -0.481 e. The topological polar surface area (TPSA) is 119 Å². The molecule has 2 amide bonds. The number of fused-ring (bicyclic) bond motifs is 1. The lowest BCUT2D eigenvalue weighted by Crippen LogP contribution is -2.58. The number of aliphatic carboxylic acids is 1. The van der Waals surface area contributed by atoms with Gasteiger partial charge in [-0.15, -0.1) is 0 Å². The van der Waals surface area contributed by atoms with Crippen LogP contribution >= 0.6 is 0 Å². The standard InChI is InChI=1S/C29H29FN2O6/c1-29(2,16-18-3-10-22(30)11-4-18)32(23(27(31)35)12-14-26(33)34)28(36)20-7-5-19(6-8-20)21-9-13-24-25(15-21)38-17-37-24/h3-11,13,15,23H,12,14,16-17H2,1-2H3,(H2,31,35)(H,33,34)/t23-/m0/s1. The highest BCUT2D eigenvalue weighted by atomic mass is 19.1. The largest absolute Gasteiger partial charge is 0.481 e. The molecule has 0 bridgehead atoms. The quantitative estimate of drug-likeness (QED) is 0.409. The van der Waals surface area contributed by atoms with Gasteiger partial charge in [-0.3, -0.25) is 14.4 Å². The molecule has 38 heavy (non-hydrogen) atoms. The molecule has 0 saturated heterocycles. The Morgan fingerprint density at radius 1 is 0.974 bits per heavy atom. The fraction of sp³-hybridized carbons (Fsp3) is 0.276. The van der Waals surface area contributed by atoms with Crippen LogP contribution in [0.4, 0.5) is 4.39 Å². The van der Waals surface area contributed by atoms with Gasteiger partial charge in [-0.05, 0) is 79.8 Å². The van der Waals surface area contributed by atoms with E-state index >= 15 is 0 Å². The number of primary amides is 1. The Balaban J connectivity index is 1.66. The molecule has 198 valence electrons. The molecule has 3 aromatic carbocycles. The first kappa shape index (κ1) is 26.7. The van der Waals surface area contributed by atoms with Crippen molar-refractivity contribution < 1.29 is 33.4 Å². The smallest absolute Gasteiger partial charge is 0.303 e. The Labute approximate surface area is 219 Å². The zero-order valence-corrected chi connectivity index (χ0v) is 21.1. The van der Waals surface area contributed by atoms with Crippen molar-refractivity contribution >= 4 is 17.8 Å². The number of carboxylic acids is 1. The number of amides is 2. The second-order valence-corrected chi connectivity index (χ2v) is 9.79. The van der Waals surface area contributed by atoms with Gasteiger partial charge in [-0.25, -0.2) is 4.39 Å². The van der Waals surface area contributed by atoms with Gasteiger partial charge in [0.2, 0.25) is 12.7 Å². The molecule has 4 rings (SSSR count).